The van der Waals surface area contributed by atoms with Crippen LogP contribution >= 0.6 is 0 Å². The molecule has 14 heteroatoms. The highest BCUT2D eigenvalue weighted by Crippen LogP contribution is 2.44. The molecule has 0 fully saturated rings. The van der Waals surface area contributed by atoms with Gasteiger partial charge in [-0.3, -0.25) is 14.5 Å². The van der Waals surface area contributed by atoms with Crippen LogP contribution in [-0.2, 0) is 44.7 Å². The maximum Gasteiger partial charge on any atom is 0.306 e. The Labute approximate surface area is 384 Å². The molecule has 4 aromatic rings. The van der Waals surface area contributed by atoms with Gasteiger partial charge in [0.2, 0.25) is 0 Å². The summed E-state index contributed by atoms with van der Waals surface area (Å²) in [6.07, 6.45) is 4.40. The Morgan fingerprint density at radius 1 is 0.554 bits per heavy atom. The van der Waals surface area contributed by atoms with Gasteiger partial charge in [-0.05, 0) is 95.6 Å². The van der Waals surface area contributed by atoms with Gasteiger partial charge in [-0.2, -0.15) is 0 Å². The number of rotatable bonds is 23. The van der Waals surface area contributed by atoms with Gasteiger partial charge in [-0.15, -0.1) is 0 Å². The topological polar surface area (TPSA) is 130 Å². The summed E-state index contributed by atoms with van der Waals surface area (Å²) in [4.78, 5) is 28.1. The number of hydrogen-bond acceptors (Lipinski definition) is 13. The van der Waals surface area contributed by atoms with E-state index in [1.54, 1.807) is 56.9 Å². The van der Waals surface area contributed by atoms with Crippen LogP contribution in [0.25, 0.3) is 0 Å². The molecule has 0 saturated heterocycles. The molecule has 0 saturated carbocycles. The van der Waals surface area contributed by atoms with E-state index in [2.05, 4.69) is 48.3 Å². The normalized spacial score (nSPS) is 17.8. The van der Waals surface area contributed by atoms with E-state index in [-0.39, 0.29) is 38.1 Å². The molecule has 2 aliphatic rings. The molecule has 4 aromatic carbocycles. The minimum Gasteiger partial charge on any atom is -0.493 e. The molecule has 0 bridgehead atoms. The number of quaternary nitrogens is 1. The molecule has 14 nitrogen and oxygen atoms in total. The van der Waals surface area contributed by atoms with Crippen molar-refractivity contribution < 1.29 is 61.4 Å². The standard InChI is InChI=1S/C51H67N2O12/c1-53(23-19-37-31-47(61-7)49(63-9)33-39(37)41(53)27-35-13-15-43(57-3)45(29-35)59-5)22-11-25-65-51(55)17-16-50(54)64-24-10-20-52-21-18-36-30-46(60-6)48(62-8)32-38(36)40(52)26-34-12-14-42(56-2)44(28-34)58-4/h12-15,28-33,40-41H,10-11,16-27H2,1-9H3/q+1/t40-,41-,53-/m1/s1. The molecule has 6 rings (SSSR count). The third-order valence-corrected chi connectivity index (χ3v) is 13.0. The van der Waals surface area contributed by atoms with Crippen molar-refractivity contribution in [3.63, 3.8) is 0 Å². The first-order valence-corrected chi connectivity index (χ1v) is 22.3. The van der Waals surface area contributed by atoms with Crippen LogP contribution in [0, 0.1) is 0 Å². The smallest absolute Gasteiger partial charge is 0.306 e. The minimum absolute atomic E-state index is 0.0357. The highest BCUT2D eigenvalue weighted by molar-refractivity contribution is 5.77. The first-order valence-electron chi connectivity index (χ1n) is 22.3. The van der Waals surface area contributed by atoms with Crippen molar-refractivity contribution in [2.75, 3.05) is 103 Å². The number of carbonyl (C=O) groups is 2. The van der Waals surface area contributed by atoms with Crippen molar-refractivity contribution in [1.29, 1.82) is 0 Å². The Balaban J connectivity index is 0.999. The van der Waals surface area contributed by atoms with Gasteiger partial charge in [0.15, 0.2) is 46.0 Å². The Bertz CT molecular complexity index is 2250. The third-order valence-electron chi connectivity index (χ3n) is 13.0. The van der Waals surface area contributed by atoms with Gasteiger partial charge < -0.3 is 51.9 Å². The van der Waals surface area contributed by atoms with Crippen LogP contribution in [0.15, 0.2) is 60.7 Å². The number of fused-ring (bicyclic) bond motifs is 2. The van der Waals surface area contributed by atoms with Gasteiger partial charge in [-0.1, -0.05) is 12.1 Å². The van der Waals surface area contributed by atoms with E-state index < -0.39 is 11.9 Å². The average molecular weight is 900 g/mol. The van der Waals surface area contributed by atoms with E-state index in [0.29, 0.717) is 65.4 Å². The van der Waals surface area contributed by atoms with Crippen LogP contribution < -0.4 is 37.9 Å². The quantitative estimate of drug-likeness (QED) is 0.0414. The van der Waals surface area contributed by atoms with Crippen molar-refractivity contribution in [3.8, 4) is 46.0 Å². The van der Waals surface area contributed by atoms with Crippen LogP contribution in [-0.4, -0.2) is 125 Å². The number of methoxy groups -OCH3 is 8. The predicted octanol–water partition coefficient (Wildman–Crippen LogP) is 7.53. The molecule has 0 aliphatic carbocycles. The number of esters is 2. The fraction of sp³-hybridized carbons (Fsp3) is 0.490. The summed E-state index contributed by atoms with van der Waals surface area (Å²) in [5.41, 5.74) is 7.05. The molecular weight excluding hydrogens is 833 g/mol. The van der Waals surface area contributed by atoms with E-state index in [4.69, 9.17) is 47.4 Å². The van der Waals surface area contributed by atoms with Gasteiger partial charge in [0.25, 0.3) is 0 Å². The Morgan fingerprint density at radius 3 is 1.55 bits per heavy atom. The van der Waals surface area contributed by atoms with Gasteiger partial charge in [0, 0.05) is 44.0 Å². The first kappa shape index (κ1) is 48.6. The summed E-state index contributed by atoms with van der Waals surface area (Å²) < 4.78 is 56.9. The maximum atomic E-state index is 12.9. The van der Waals surface area contributed by atoms with Crippen LogP contribution in [0.1, 0.15) is 71.1 Å². The largest absolute Gasteiger partial charge is 0.493 e. The van der Waals surface area contributed by atoms with Crippen molar-refractivity contribution in [2.45, 2.75) is 63.5 Å². The molecule has 2 aliphatic heterocycles. The second-order valence-electron chi connectivity index (χ2n) is 16.7. The Hall–Kier alpha value is -5.86. The lowest BCUT2D eigenvalue weighted by Gasteiger charge is -2.46. The number of carbonyl (C=O) groups excluding carboxylic acids is 2. The summed E-state index contributed by atoms with van der Waals surface area (Å²) in [6.45, 7) is 3.71. The highest BCUT2D eigenvalue weighted by Gasteiger charge is 2.40. The number of hydrogen-bond donors (Lipinski definition) is 0. The van der Waals surface area contributed by atoms with Gasteiger partial charge >= 0.3 is 11.9 Å². The zero-order valence-electron chi connectivity index (χ0n) is 39.6. The molecule has 2 heterocycles. The van der Waals surface area contributed by atoms with E-state index in [0.717, 1.165) is 60.9 Å². The van der Waals surface area contributed by atoms with E-state index in [1.165, 1.54) is 22.3 Å². The molecular formula is C51H67N2O12+. The van der Waals surface area contributed by atoms with Crippen molar-refractivity contribution >= 4 is 11.9 Å². The van der Waals surface area contributed by atoms with Crippen LogP contribution in [0.2, 0.25) is 0 Å². The molecule has 65 heavy (non-hydrogen) atoms. The summed E-state index contributed by atoms with van der Waals surface area (Å²) in [6, 6.07) is 20.5. The first-order chi connectivity index (χ1) is 31.5. The predicted molar refractivity (Wildman–Crippen MR) is 246 cm³/mol. The number of nitrogens with zero attached hydrogens (tertiary/aromatic N) is 2. The molecule has 0 N–H and O–H groups in total. The summed E-state index contributed by atoms with van der Waals surface area (Å²) in [7, 11) is 15.4. The second-order valence-corrected chi connectivity index (χ2v) is 16.7. The van der Waals surface area contributed by atoms with Crippen LogP contribution in [0.4, 0.5) is 0 Å². The average Bonchev–Trinajstić information content (AvgIpc) is 3.33. The van der Waals surface area contributed by atoms with Crippen molar-refractivity contribution in [1.82, 2.24) is 4.90 Å². The van der Waals surface area contributed by atoms with Gasteiger partial charge in [0.05, 0.1) is 103 Å². The summed E-state index contributed by atoms with van der Waals surface area (Å²) in [5, 5.41) is 0. The lowest BCUT2D eigenvalue weighted by molar-refractivity contribution is -0.941. The monoisotopic (exact) mass is 899 g/mol. The minimum atomic E-state index is -0.417. The van der Waals surface area contributed by atoms with Crippen molar-refractivity contribution in [3.05, 3.63) is 94.0 Å². The third kappa shape index (κ3) is 11.7. The summed E-state index contributed by atoms with van der Waals surface area (Å²) >= 11 is 0. The molecule has 0 unspecified atom stereocenters. The molecule has 0 amide bonds. The zero-order chi connectivity index (χ0) is 46.5. The number of benzene rings is 4. The van der Waals surface area contributed by atoms with Crippen LogP contribution in [0.5, 0.6) is 46.0 Å². The Kier molecular flexibility index (Phi) is 17.1. The SMILES string of the molecule is COc1ccc(C[C@@H]2c3cc(OC)c(OC)cc3CCN2CCCOC(=O)CCC(=O)OCCC[N@+]2(C)CCc3cc(OC)c(OC)cc3[C@H]2Cc2ccc(OC)c(OC)c2)cc1OC. The van der Waals surface area contributed by atoms with E-state index >= 15 is 0 Å². The van der Waals surface area contributed by atoms with Gasteiger partial charge in [-0.25, -0.2) is 0 Å². The molecule has 0 aromatic heterocycles. The van der Waals surface area contributed by atoms with Crippen molar-refractivity contribution in [2.24, 2.45) is 0 Å². The second kappa shape index (κ2) is 22.9. The Morgan fingerprint density at radius 2 is 1.02 bits per heavy atom. The highest BCUT2D eigenvalue weighted by atomic mass is 16.5. The molecule has 0 radical (unpaired) electrons. The maximum absolute atomic E-state index is 12.9. The fourth-order valence-corrected chi connectivity index (χ4v) is 9.39. The summed E-state index contributed by atoms with van der Waals surface area (Å²) in [5.74, 6) is 4.68. The molecule has 0 spiro atoms. The number of likely N-dealkylation sites (N-methyl/N-ethyl adjacent to an activating group) is 1. The zero-order valence-corrected chi connectivity index (χ0v) is 39.6. The van der Waals surface area contributed by atoms with E-state index in [9.17, 15) is 9.59 Å². The molecule has 3 atom stereocenters. The van der Waals surface area contributed by atoms with E-state index in [1.807, 2.05) is 24.3 Å². The van der Waals surface area contributed by atoms with Gasteiger partial charge in [0.1, 0.15) is 6.04 Å². The molecule has 352 valence electrons. The fourth-order valence-electron chi connectivity index (χ4n) is 9.39. The number of ether oxygens (including phenoxy) is 10. The lowest BCUT2D eigenvalue weighted by Crippen LogP contribution is -2.52. The lowest BCUT2D eigenvalue weighted by atomic mass is 9.86. The van der Waals surface area contributed by atoms with Crippen LogP contribution in [0.3, 0.4) is 0 Å².